The molecular formula is C25H35FN2O3. The first-order valence-electron chi connectivity index (χ1n) is 11.6. The van der Waals surface area contributed by atoms with Crippen LogP contribution in [0, 0.1) is 17.3 Å². The summed E-state index contributed by atoms with van der Waals surface area (Å²) in [5.41, 5.74) is 6.58. The van der Waals surface area contributed by atoms with Gasteiger partial charge in [0.2, 0.25) is 5.91 Å². The van der Waals surface area contributed by atoms with Gasteiger partial charge in [0.15, 0.2) is 0 Å². The fraction of sp³-hybridized carbons (Fsp3) is 0.640. The van der Waals surface area contributed by atoms with Crippen molar-refractivity contribution in [2.75, 3.05) is 26.8 Å². The molecule has 6 heteroatoms. The summed E-state index contributed by atoms with van der Waals surface area (Å²) in [5.74, 6) is 2.25. The number of rotatable bonds is 9. The highest BCUT2D eigenvalue weighted by Crippen LogP contribution is 2.51. The van der Waals surface area contributed by atoms with E-state index < -0.39 is 0 Å². The lowest BCUT2D eigenvalue weighted by molar-refractivity contribution is -0.140. The number of ether oxygens (including phenoxy) is 2. The molecule has 1 amide bonds. The highest BCUT2D eigenvalue weighted by molar-refractivity contribution is 5.83. The van der Waals surface area contributed by atoms with Crippen LogP contribution < -0.4 is 15.8 Å². The molecule has 170 valence electrons. The number of methoxy groups -OCH3 is 1. The molecule has 31 heavy (non-hydrogen) atoms. The minimum atomic E-state index is -0.309. The molecular weight excluding hydrogens is 395 g/mol. The summed E-state index contributed by atoms with van der Waals surface area (Å²) in [7, 11) is 1.75. The molecule has 0 aromatic heterocycles. The molecule has 0 radical (unpaired) electrons. The van der Waals surface area contributed by atoms with Crippen LogP contribution in [0.2, 0.25) is 0 Å². The normalized spacial score (nSPS) is 32.4. The Bertz CT molecular complexity index is 780. The summed E-state index contributed by atoms with van der Waals surface area (Å²) in [4.78, 5) is 12.9. The molecule has 0 atom stereocenters. The second-order valence-corrected chi connectivity index (χ2v) is 9.73. The van der Waals surface area contributed by atoms with Gasteiger partial charge in [0.05, 0.1) is 11.9 Å². The zero-order chi connectivity index (χ0) is 21.9. The maximum absolute atomic E-state index is 12.9. The standard InChI is InChI=1S/C25H35FN2O3/c1-30-25(21-2-4-22(5-3-21)31-17-20(14-26)15-27)12-19(13-25)16-28-23(29)24-9-6-18(7-10-24)8-11-24/h2-5,14,18-19H,6-13,15-17,27H2,1H3,(H,28,29)/b20-14+. The molecule has 0 unspecified atom stereocenters. The highest BCUT2D eigenvalue weighted by Gasteiger charge is 2.48. The van der Waals surface area contributed by atoms with Crippen LogP contribution in [0.4, 0.5) is 4.39 Å². The molecule has 1 aromatic carbocycles. The van der Waals surface area contributed by atoms with E-state index in [9.17, 15) is 9.18 Å². The first kappa shape index (κ1) is 22.3. The van der Waals surface area contributed by atoms with Gasteiger partial charge in [-0.1, -0.05) is 12.1 Å². The van der Waals surface area contributed by atoms with E-state index in [1.54, 1.807) is 7.11 Å². The third-order valence-corrected chi connectivity index (χ3v) is 7.98. The maximum atomic E-state index is 12.9. The zero-order valence-corrected chi connectivity index (χ0v) is 18.5. The van der Waals surface area contributed by atoms with E-state index in [0.717, 1.165) is 50.1 Å². The Balaban J connectivity index is 1.28. The molecule has 5 rings (SSSR count). The molecule has 4 saturated carbocycles. The van der Waals surface area contributed by atoms with Gasteiger partial charge in [0, 0.05) is 31.2 Å². The Kier molecular flexibility index (Phi) is 6.68. The SMILES string of the molecule is COC1(c2ccc(OC/C(=C/F)CN)cc2)CC(CNC(=O)C23CCC(CC2)CC3)C1. The fourth-order valence-electron chi connectivity index (χ4n) is 5.72. The second-order valence-electron chi connectivity index (χ2n) is 9.73. The molecule has 5 nitrogen and oxygen atoms in total. The summed E-state index contributed by atoms with van der Waals surface area (Å²) in [5, 5.41) is 3.27. The van der Waals surface area contributed by atoms with Crippen molar-refractivity contribution >= 4 is 5.91 Å². The summed E-state index contributed by atoms with van der Waals surface area (Å²) in [6.45, 7) is 1.01. The van der Waals surface area contributed by atoms with Crippen molar-refractivity contribution in [2.45, 2.75) is 57.0 Å². The minimum absolute atomic E-state index is 0.0895. The van der Waals surface area contributed by atoms with Crippen molar-refractivity contribution in [3.05, 3.63) is 41.7 Å². The predicted octanol–water partition coefficient (Wildman–Crippen LogP) is 4.22. The monoisotopic (exact) mass is 430 g/mol. The molecule has 0 saturated heterocycles. The van der Waals surface area contributed by atoms with Crippen LogP contribution >= 0.6 is 0 Å². The van der Waals surface area contributed by atoms with Crippen LogP contribution in [0.25, 0.3) is 0 Å². The quantitative estimate of drug-likeness (QED) is 0.615. The molecule has 4 aliphatic rings. The van der Waals surface area contributed by atoms with E-state index >= 15 is 0 Å². The first-order chi connectivity index (χ1) is 15.0. The zero-order valence-electron chi connectivity index (χ0n) is 18.5. The molecule has 4 aliphatic carbocycles. The van der Waals surface area contributed by atoms with Gasteiger partial charge < -0.3 is 20.5 Å². The number of nitrogens with two attached hydrogens (primary N) is 1. The predicted molar refractivity (Wildman–Crippen MR) is 118 cm³/mol. The van der Waals surface area contributed by atoms with Crippen LogP contribution in [0.3, 0.4) is 0 Å². The van der Waals surface area contributed by atoms with E-state index in [1.165, 1.54) is 19.3 Å². The van der Waals surface area contributed by atoms with Gasteiger partial charge in [0.1, 0.15) is 12.4 Å². The average Bonchev–Trinajstić information content (AvgIpc) is 2.81. The van der Waals surface area contributed by atoms with Crippen molar-refractivity contribution in [1.29, 1.82) is 0 Å². The largest absolute Gasteiger partial charge is 0.489 e. The Morgan fingerprint density at radius 3 is 2.39 bits per heavy atom. The lowest BCUT2D eigenvalue weighted by atomic mass is 9.60. The molecule has 2 bridgehead atoms. The minimum Gasteiger partial charge on any atom is -0.489 e. The number of hydrogen-bond acceptors (Lipinski definition) is 4. The van der Waals surface area contributed by atoms with E-state index in [0.29, 0.717) is 23.6 Å². The third-order valence-electron chi connectivity index (χ3n) is 7.98. The van der Waals surface area contributed by atoms with Crippen LogP contribution in [-0.2, 0) is 15.1 Å². The van der Waals surface area contributed by atoms with Gasteiger partial charge in [-0.3, -0.25) is 4.79 Å². The molecule has 0 aliphatic heterocycles. The first-order valence-corrected chi connectivity index (χ1v) is 11.6. The van der Waals surface area contributed by atoms with Crippen molar-refractivity contribution in [2.24, 2.45) is 23.0 Å². The molecule has 0 heterocycles. The van der Waals surface area contributed by atoms with E-state index in [1.807, 2.05) is 24.3 Å². The number of nitrogens with one attached hydrogen (secondary N) is 1. The van der Waals surface area contributed by atoms with Crippen LogP contribution in [0.1, 0.15) is 56.9 Å². The van der Waals surface area contributed by atoms with E-state index in [-0.39, 0.29) is 30.1 Å². The van der Waals surface area contributed by atoms with Crippen molar-refractivity contribution < 1.29 is 18.7 Å². The lowest BCUT2D eigenvalue weighted by Gasteiger charge is -2.48. The van der Waals surface area contributed by atoms with Gasteiger partial charge >= 0.3 is 0 Å². The molecule has 4 fully saturated rings. The average molecular weight is 431 g/mol. The van der Waals surface area contributed by atoms with Crippen LogP contribution in [0.15, 0.2) is 36.2 Å². The van der Waals surface area contributed by atoms with E-state index in [4.69, 9.17) is 15.2 Å². The molecule has 0 spiro atoms. The van der Waals surface area contributed by atoms with Gasteiger partial charge in [-0.05, 0) is 80.9 Å². The number of amides is 1. The number of carbonyl (C=O) groups excluding carboxylic acids is 1. The van der Waals surface area contributed by atoms with Gasteiger partial charge in [-0.25, -0.2) is 4.39 Å². The highest BCUT2D eigenvalue weighted by atomic mass is 19.1. The topological polar surface area (TPSA) is 73.6 Å². The van der Waals surface area contributed by atoms with Crippen LogP contribution in [-0.4, -0.2) is 32.7 Å². The summed E-state index contributed by atoms with van der Waals surface area (Å²) in [6, 6.07) is 7.79. The maximum Gasteiger partial charge on any atom is 0.226 e. The molecule has 1 aromatic rings. The summed E-state index contributed by atoms with van der Waals surface area (Å²) in [6.07, 6.45) is 9.15. The lowest BCUT2D eigenvalue weighted by Crippen LogP contribution is -2.51. The number of benzene rings is 1. The van der Waals surface area contributed by atoms with Gasteiger partial charge in [0.25, 0.3) is 0 Å². The van der Waals surface area contributed by atoms with Crippen molar-refractivity contribution in [3.8, 4) is 5.75 Å². The van der Waals surface area contributed by atoms with Crippen molar-refractivity contribution in [3.63, 3.8) is 0 Å². The third kappa shape index (κ3) is 4.51. The number of carbonyl (C=O) groups is 1. The van der Waals surface area contributed by atoms with Gasteiger partial charge in [-0.2, -0.15) is 0 Å². The van der Waals surface area contributed by atoms with Gasteiger partial charge in [-0.15, -0.1) is 0 Å². The Labute approximate surface area is 184 Å². The Morgan fingerprint density at radius 1 is 1.19 bits per heavy atom. The number of fused-ring (bicyclic) bond motifs is 3. The van der Waals surface area contributed by atoms with Crippen LogP contribution in [0.5, 0.6) is 5.75 Å². The Hall–Kier alpha value is -1.92. The van der Waals surface area contributed by atoms with Crippen molar-refractivity contribution in [1.82, 2.24) is 5.32 Å². The smallest absolute Gasteiger partial charge is 0.226 e. The summed E-state index contributed by atoms with van der Waals surface area (Å²) >= 11 is 0. The molecule has 3 N–H and O–H groups in total. The second kappa shape index (κ2) is 9.29. The fourth-order valence-corrected chi connectivity index (χ4v) is 5.72. The number of halogens is 1. The summed E-state index contributed by atoms with van der Waals surface area (Å²) < 4.78 is 24.1. The number of hydrogen-bond donors (Lipinski definition) is 2. The Morgan fingerprint density at radius 2 is 1.84 bits per heavy atom. The van der Waals surface area contributed by atoms with E-state index in [2.05, 4.69) is 5.32 Å².